The number of rotatable bonds is 5. The summed E-state index contributed by atoms with van der Waals surface area (Å²) < 4.78 is 25.5. The number of amidine groups is 1. The van der Waals surface area contributed by atoms with E-state index in [9.17, 15) is 19.2 Å². The predicted molar refractivity (Wildman–Crippen MR) is 97.2 cm³/mol. The van der Waals surface area contributed by atoms with Crippen LogP contribution in [0.5, 0.6) is 0 Å². The summed E-state index contributed by atoms with van der Waals surface area (Å²) in [6.45, 7) is 3.27. The first-order valence-corrected chi connectivity index (χ1v) is 8.20. The highest BCUT2D eigenvalue weighted by molar-refractivity contribution is 8.93. The second kappa shape index (κ2) is 11.1. The second-order valence-corrected chi connectivity index (χ2v) is 6.29. The number of carbonyl (C=O) groups is 4. The molecule has 0 aliphatic carbocycles. The molecule has 27 heavy (non-hydrogen) atoms. The van der Waals surface area contributed by atoms with Gasteiger partial charge in [-0.25, -0.2) is 4.79 Å². The van der Waals surface area contributed by atoms with E-state index < -0.39 is 58.9 Å². The highest BCUT2D eigenvalue weighted by Gasteiger charge is 2.55. The lowest BCUT2D eigenvalue weighted by Gasteiger charge is -2.43. The summed E-state index contributed by atoms with van der Waals surface area (Å²) in [6, 6.07) is 0. The summed E-state index contributed by atoms with van der Waals surface area (Å²) in [5.74, 6) is -3.22. The number of halogens is 1. The SMILES string of the molecule is Br.COC(=O)[C@H]1O[C@@H](SC(=N)N)[C@H](OC(C)=O)[C@@H](OC(C)=O)[C@@H]1OC(C)=O. The van der Waals surface area contributed by atoms with E-state index in [0.717, 1.165) is 27.9 Å². The molecule has 1 rings (SSSR count). The Labute approximate surface area is 169 Å². The fourth-order valence-electron chi connectivity index (χ4n) is 2.30. The maximum Gasteiger partial charge on any atom is 0.339 e. The Hall–Kier alpha value is -1.86. The largest absolute Gasteiger partial charge is 0.467 e. The molecule has 0 radical (unpaired) electrons. The lowest BCUT2D eigenvalue weighted by Crippen LogP contribution is -2.62. The molecule has 13 heteroatoms. The van der Waals surface area contributed by atoms with Gasteiger partial charge in [0.05, 0.1) is 7.11 Å². The highest BCUT2D eigenvalue weighted by Crippen LogP contribution is 2.34. The van der Waals surface area contributed by atoms with E-state index in [4.69, 9.17) is 30.1 Å². The molecule has 1 aliphatic rings. The molecule has 5 atom stereocenters. The summed E-state index contributed by atoms with van der Waals surface area (Å²) in [6.07, 6.45) is -5.60. The average molecular weight is 473 g/mol. The maximum absolute atomic E-state index is 12.1. The van der Waals surface area contributed by atoms with Crippen molar-refractivity contribution in [3.8, 4) is 0 Å². The molecule has 0 aromatic carbocycles. The van der Waals surface area contributed by atoms with Crippen LogP contribution in [0, 0.1) is 5.41 Å². The van der Waals surface area contributed by atoms with Gasteiger partial charge in [0.25, 0.3) is 0 Å². The van der Waals surface area contributed by atoms with Gasteiger partial charge in [0.1, 0.15) is 0 Å². The second-order valence-electron chi connectivity index (χ2n) is 5.15. The molecular formula is C14H21BrN2O9S. The van der Waals surface area contributed by atoms with Crippen molar-refractivity contribution in [1.29, 1.82) is 5.41 Å². The summed E-state index contributed by atoms with van der Waals surface area (Å²) in [7, 11) is 1.09. The zero-order valence-corrected chi connectivity index (χ0v) is 17.5. The van der Waals surface area contributed by atoms with Gasteiger partial charge in [0.15, 0.2) is 35.0 Å². The van der Waals surface area contributed by atoms with Crippen molar-refractivity contribution in [3.05, 3.63) is 0 Å². The van der Waals surface area contributed by atoms with Gasteiger partial charge in [0.2, 0.25) is 0 Å². The van der Waals surface area contributed by atoms with E-state index in [1.54, 1.807) is 0 Å². The average Bonchev–Trinajstić information content (AvgIpc) is 2.50. The number of carbonyl (C=O) groups excluding carboxylic acids is 4. The summed E-state index contributed by atoms with van der Waals surface area (Å²) >= 11 is 0.631. The predicted octanol–water partition coefficient (Wildman–Crippen LogP) is -0.116. The zero-order valence-electron chi connectivity index (χ0n) is 15.0. The molecule has 154 valence electrons. The van der Waals surface area contributed by atoms with Gasteiger partial charge in [0, 0.05) is 20.8 Å². The third-order valence-electron chi connectivity index (χ3n) is 3.08. The normalized spacial score (nSPS) is 26.7. The number of nitrogens with one attached hydrogen (secondary N) is 1. The number of thioether (sulfide) groups is 1. The number of hydrogen-bond donors (Lipinski definition) is 2. The van der Waals surface area contributed by atoms with Crippen molar-refractivity contribution in [1.82, 2.24) is 0 Å². The van der Waals surface area contributed by atoms with Crippen molar-refractivity contribution < 1.29 is 42.9 Å². The van der Waals surface area contributed by atoms with Crippen molar-refractivity contribution in [2.24, 2.45) is 5.73 Å². The summed E-state index contributed by atoms with van der Waals surface area (Å²) in [5, 5.41) is 7.00. The molecule has 0 aromatic rings. The Morgan fingerprint density at radius 3 is 1.78 bits per heavy atom. The minimum Gasteiger partial charge on any atom is -0.467 e. The van der Waals surface area contributed by atoms with Gasteiger partial charge >= 0.3 is 23.9 Å². The molecule has 1 saturated heterocycles. The topological polar surface area (TPSA) is 164 Å². The van der Waals surface area contributed by atoms with Crippen molar-refractivity contribution in [2.75, 3.05) is 7.11 Å². The first-order chi connectivity index (χ1) is 12.1. The minimum atomic E-state index is -1.49. The zero-order chi connectivity index (χ0) is 20.0. The van der Waals surface area contributed by atoms with Crippen LogP contribution in [-0.2, 0) is 42.9 Å². The smallest absolute Gasteiger partial charge is 0.339 e. The quantitative estimate of drug-likeness (QED) is 0.237. The molecule has 1 heterocycles. The number of ether oxygens (including phenoxy) is 5. The summed E-state index contributed by atoms with van der Waals surface area (Å²) in [5.41, 5.74) is 4.17. The molecule has 0 aromatic heterocycles. The fraction of sp³-hybridized carbons (Fsp3) is 0.643. The van der Waals surface area contributed by atoms with Crippen LogP contribution in [0.25, 0.3) is 0 Å². The molecule has 0 amide bonds. The Balaban J connectivity index is 0.00000676. The molecule has 0 saturated carbocycles. The van der Waals surface area contributed by atoms with Crippen molar-refractivity contribution in [3.63, 3.8) is 0 Å². The molecular weight excluding hydrogens is 452 g/mol. The Kier molecular flexibility index (Phi) is 10.3. The summed E-state index contributed by atoms with van der Waals surface area (Å²) in [4.78, 5) is 46.5. The first-order valence-electron chi connectivity index (χ1n) is 7.32. The van der Waals surface area contributed by atoms with Gasteiger partial charge in [-0.3, -0.25) is 19.8 Å². The van der Waals surface area contributed by atoms with Crippen LogP contribution in [0.3, 0.4) is 0 Å². The van der Waals surface area contributed by atoms with E-state index in [1.165, 1.54) is 0 Å². The third kappa shape index (κ3) is 7.34. The van der Waals surface area contributed by atoms with E-state index in [2.05, 4.69) is 4.74 Å². The molecule has 0 unspecified atom stereocenters. The van der Waals surface area contributed by atoms with Gasteiger partial charge in [-0.1, -0.05) is 11.8 Å². The minimum absolute atomic E-state index is 0. The molecule has 3 N–H and O–H groups in total. The molecule has 0 spiro atoms. The number of methoxy groups -OCH3 is 1. The monoisotopic (exact) mass is 472 g/mol. The van der Waals surface area contributed by atoms with Crippen LogP contribution in [0.1, 0.15) is 20.8 Å². The van der Waals surface area contributed by atoms with E-state index in [0.29, 0.717) is 11.8 Å². The van der Waals surface area contributed by atoms with Crippen LogP contribution in [0.2, 0.25) is 0 Å². The Morgan fingerprint density at radius 1 is 0.926 bits per heavy atom. The van der Waals surface area contributed by atoms with Crippen LogP contribution >= 0.6 is 28.7 Å². The third-order valence-corrected chi connectivity index (χ3v) is 3.94. The lowest BCUT2D eigenvalue weighted by molar-refractivity contribution is -0.234. The van der Waals surface area contributed by atoms with Crippen LogP contribution < -0.4 is 5.73 Å². The van der Waals surface area contributed by atoms with E-state index in [-0.39, 0.29) is 17.0 Å². The number of esters is 4. The van der Waals surface area contributed by atoms with Crippen molar-refractivity contribution in [2.45, 2.75) is 50.6 Å². The number of hydrogen-bond acceptors (Lipinski definition) is 11. The van der Waals surface area contributed by atoms with Gasteiger partial charge in [-0.15, -0.1) is 17.0 Å². The Morgan fingerprint density at radius 2 is 1.37 bits per heavy atom. The number of nitrogens with two attached hydrogens (primary N) is 1. The molecule has 1 fully saturated rings. The van der Waals surface area contributed by atoms with Gasteiger partial charge < -0.3 is 29.4 Å². The fourth-order valence-corrected chi connectivity index (χ4v) is 3.07. The van der Waals surface area contributed by atoms with E-state index >= 15 is 0 Å². The first kappa shape index (κ1) is 25.1. The highest BCUT2D eigenvalue weighted by atomic mass is 79.9. The van der Waals surface area contributed by atoms with Crippen LogP contribution in [-0.4, -0.2) is 66.0 Å². The maximum atomic E-state index is 12.1. The van der Waals surface area contributed by atoms with E-state index in [1.807, 2.05) is 0 Å². The standard InChI is InChI=1S/C14H20N2O9S.BrH/c1-5(17)22-8-9(23-6(2)18)11(24-7(3)19)13(26-14(15)16)25-10(8)12(20)21-4;/h8-11,13H,1-4H3,(H3,15,16);1H/t8-,9-,10-,11+,13-;/m0./s1. The molecule has 11 nitrogen and oxygen atoms in total. The molecule has 1 aliphatic heterocycles. The van der Waals surface area contributed by atoms with Crippen LogP contribution in [0.15, 0.2) is 0 Å². The lowest BCUT2D eigenvalue weighted by atomic mass is 9.99. The Bertz CT molecular complexity index is 603. The van der Waals surface area contributed by atoms with Gasteiger partial charge in [-0.2, -0.15) is 0 Å². The molecule has 0 bridgehead atoms. The van der Waals surface area contributed by atoms with Crippen LogP contribution in [0.4, 0.5) is 0 Å². The van der Waals surface area contributed by atoms with Crippen molar-refractivity contribution >= 4 is 57.8 Å². The van der Waals surface area contributed by atoms with Gasteiger partial charge in [-0.05, 0) is 0 Å².